The Hall–Kier alpha value is -1.29. The monoisotopic (exact) mass is 296 g/mol. The van der Waals surface area contributed by atoms with Gasteiger partial charge < -0.3 is 10.5 Å². The van der Waals surface area contributed by atoms with Crippen LogP contribution in [0.25, 0.3) is 0 Å². The van der Waals surface area contributed by atoms with E-state index in [1.807, 2.05) is 19.9 Å². The number of nitrogens with two attached hydrogens (primary N) is 1. The van der Waals surface area contributed by atoms with E-state index in [2.05, 4.69) is 4.98 Å². The number of pyridine rings is 1. The van der Waals surface area contributed by atoms with E-state index < -0.39 is 0 Å². The lowest BCUT2D eigenvalue weighted by Gasteiger charge is -2.13. The van der Waals surface area contributed by atoms with Gasteiger partial charge in [-0.15, -0.1) is 0 Å². The number of aryl methyl sites for hydroxylation is 2. The van der Waals surface area contributed by atoms with Crippen LogP contribution in [-0.2, 0) is 6.54 Å². The quantitative estimate of drug-likeness (QED) is 0.921. The predicted molar refractivity (Wildman–Crippen MR) is 78.1 cm³/mol. The maximum atomic E-state index is 6.08. The number of hydrogen-bond donors (Lipinski definition) is 1. The first-order chi connectivity index (χ1) is 9.01. The second-order valence-corrected chi connectivity index (χ2v) is 5.09. The lowest BCUT2D eigenvalue weighted by Crippen LogP contribution is -2.05. The van der Waals surface area contributed by atoms with Crippen LogP contribution in [0.3, 0.4) is 0 Å². The van der Waals surface area contributed by atoms with Gasteiger partial charge in [-0.1, -0.05) is 23.2 Å². The summed E-state index contributed by atoms with van der Waals surface area (Å²) in [6.45, 7) is 4.23. The molecule has 5 heteroatoms. The standard InChI is InChI=1S/C14H14Cl2N2O/c1-8-5-9(2)18-14(11(8)7-17)19-13-6-10(15)3-4-12(13)16/h3-6H,7,17H2,1-2H3. The summed E-state index contributed by atoms with van der Waals surface area (Å²) < 4.78 is 5.77. The number of aromatic nitrogens is 1. The van der Waals surface area contributed by atoms with E-state index in [-0.39, 0.29) is 0 Å². The Labute approximate surface area is 122 Å². The van der Waals surface area contributed by atoms with Gasteiger partial charge in [0.25, 0.3) is 0 Å². The number of benzene rings is 1. The minimum absolute atomic E-state index is 0.354. The molecule has 1 aromatic heterocycles. The van der Waals surface area contributed by atoms with Crippen LogP contribution in [0.5, 0.6) is 11.6 Å². The summed E-state index contributed by atoms with van der Waals surface area (Å²) in [7, 11) is 0. The summed E-state index contributed by atoms with van der Waals surface area (Å²) in [4.78, 5) is 4.37. The zero-order valence-corrected chi connectivity index (χ0v) is 12.2. The van der Waals surface area contributed by atoms with E-state index in [0.29, 0.717) is 28.2 Å². The van der Waals surface area contributed by atoms with Crippen LogP contribution >= 0.6 is 23.2 Å². The first-order valence-corrected chi connectivity index (χ1v) is 6.57. The predicted octanol–water partition coefficient (Wildman–Crippen LogP) is 4.26. The molecule has 0 saturated heterocycles. The molecule has 1 heterocycles. The fourth-order valence-corrected chi connectivity index (χ4v) is 2.14. The molecule has 0 bridgehead atoms. The number of hydrogen-bond acceptors (Lipinski definition) is 3. The van der Waals surface area contributed by atoms with Crippen molar-refractivity contribution in [3.05, 3.63) is 51.1 Å². The molecule has 3 nitrogen and oxygen atoms in total. The minimum atomic E-state index is 0.354. The van der Waals surface area contributed by atoms with Crippen molar-refractivity contribution in [2.24, 2.45) is 5.73 Å². The van der Waals surface area contributed by atoms with Crippen molar-refractivity contribution in [1.82, 2.24) is 4.98 Å². The van der Waals surface area contributed by atoms with Crippen molar-refractivity contribution in [1.29, 1.82) is 0 Å². The van der Waals surface area contributed by atoms with Crippen molar-refractivity contribution >= 4 is 23.2 Å². The van der Waals surface area contributed by atoms with E-state index in [1.165, 1.54) is 0 Å². The maximum absolute atomic E-state index is 6.08. The highest BCUT2D eigenvalue weighted by Gasteiger charge is 2.12. The van der Waals surface area contributed by atoms with Crippen molar-refractivity contribution < 1.29 is 4.74 Å². The smallest absolute Gasteiger partial charge is 0.224 e. The summed E-state index contributed by atoms with van der Waals surface area (Å²) >= 11 is 12.0. The average Bonchev–Trinajstić information content (AvgIpc) is 2.33. The highest BCUT2D eigenvalue weighted by molar-refractivity contribution is 6.34. The molecule has 2 N–H and O–H groups in total. The van der Waals surface area contributed by atoms with Gasteiger partial charge in [0, 0.05) is 28.9 Å². The average molecular weight is 297 g/mol. The summed E-state index contributed by atoms with van der Waals surface area (Å²) in [6, 6.07) is 7.01. The molecule has 0 amide bonds. The lowest BCUT2D eigenvalue weighted by molar-refractivity contribution is 0.454. The molecule has 19 heavy (non-hydrogen) atoms. The summed E-state index contributed by atoms with van der Waals surface area (Å²) in [5.41, 5.74) is 8.52. The zero-order valence-electron chi connectivity index (χ0n) is 10.7. The third-order valence-corrected chi connectivity index (χ3v) is 3.29. The molecule has 0 aliphatic rings. The normalized spacial score (nSPS) is 10.6. The number of halogens is 2. The largest absolute Gasteiger partial charge is 0.437 e. The second kappa shape index (κ2) is 5.78. The highest BCUT2D eigenvalue weighted by Crippen LogP contribution is 2.33. The molecule has 1 aromatic carbocycles. The maximum Gasteiger partial charge on any atom is 0.224 e. The zero-order chi connectivity index (χ0) is 14.0. The first-order valence-electron chi connectivity index (χ1n) is 5.81. The Morgan fingerprint density at radius 2 is 1.95 bits per heavy atom. The van der Waals surface area contributed by atoms with Crippen LogP contribution in [0.15, 0.2) is 24.3 Å². The topological polar surface area (TPSA) is 48.1 Å². The molecule has 100 valence electrons. The van der Waals surface area contributed by atoms with Crippen LogP contribution in [-0.4, -0.2) is 4.98 Å². The van der Waals surface area contributed by atoms with Gasteiger partial charge >= 0.3 is 0 Å². The second-order valence-electron chi connectivity index (χ2n) is 4.25. The molecule has 2 rings (SSSR count). The highest BCUT2D eigenvalue weighted by atomic mass is 35.5. The van der Waals surface area contributed by atoms with E-state index in [9.17, 15) is 0 Å². The number of rotatable bonds is 3. The van der Waals surface area contributed by atoms with Gasteiger partial charge in [0.05, 0.1) is 5.02 Å². The molecular formula is C14H14Cl2N2O. The molecule has 2 aromatic rings. The van der Waals surface area contributed by atoms with Gasteiger partial charge in [-0.25, -0.2) is 4.98 Å². The molecule has 0 unspecified atom stereocenters. The van der Waals surface area contributed by atoms with Crippen molar-refractivity contribution in [3.8, 4) is 11.6 Å². The number of nitrogens with zero attached hydrogens (tertiary/aromatic N) is 1. The van der Waals surface area contributed by atoms with Gasteiger partial charge in [-0.2, -0.15) is 0 Å². The third kappa shape index (κ3) is 3.18. The van der Waals surface area contributed by atoms with Crippen molar-refractivity contribution in [2.45, 2.75) is 20.4 Å². The Morgan fingerprint density at radius 1 is 1.21 bits per heavy atom. The molecule has 0 spiro atoms. The lowest BCUT2D eigenvalue weighted by atomic mass is 10.1. The van der Waals surface area contributed by atoms with Crippen molar-refractivity contribution in [2.75, 3.05) is 0 Å². The van der Waals surface area contributed by atoms with Crippen LogP contribution in [0.4, 0.5) is 0 Å². The molecule has 0 aliphatic heterocycles. The van der Waals surface area contributed by atoms with Gasteiger partial charge in [-0.05, 0) is 37.6 Å². The molecule has 0 fully saturated rings. The Balaban J connectivity index is 2.45. The van der Waals surface area contributed by atoms with E-state index >= 15 is 0 Å². The SMILES string of the molecule is Cc1cc(C)c(CN)c(Oc2cc(Cl)ccc2Cl)n1. The molecule has 0 radical (unpaired) electrons. The Kier molecular flexibility index (Phi) is 4.30. The van der Waals surface area contributed by atoms with E-state index in [1.54, 1.807) is 18.2 Å². The van der Waals surface area contributed by atoms with Crippen LogP contribution in [0.1, 0.15) is 16.8 Å². The Bertz CT molecular complexity index is 615. The van der Waals surface area contributed by atoms with Gasteiger partial charge in [0.2, 0.25) is 5.88 Å². The first kappa shape index (κ1) is 14.1. The molecular weight excluding hydrogens is 283 g/mol. The summed E-state index contributed by atoms with van der Waals surface area (Å²) in [5.74, 6) is 0.950. The van der Waals surface area contributed by atoms with Crippen LogP contribution in [0.2, 0.25) is 10.0 Å². The molecule has 0 aliphatic carbocycles. The number of ether oxygens (including phenoxy) is 1. The Morgan fingerprint density at radius 3 is 2.63 bits per heavy atom. The summed E-state index contributed by atoms with van der Waals surface area (Å²) in [5, 5.41) is 1.03. The van der Waals surface area contributed by atoms with Crippen LogP contribution < -0.4 is 10.5 Å². The van der Waals surface area contributed by atoms with E-state index in [0.717, 1.165) is 16.8 Å². The summed E-state index contributed by atoms with van der Waals surface area (Å²) in [6.07, 6.45) is 0. The molecule has 0 atom stereocenters. The third-order valence-electron chi connectivity index (χ3n) is 2.74. The molecule has 0 saturated carbocycles. The fourth-order valence-electron chi connectivity index (χ4n) is 1.82. The van der Waals surface area contributed by atoms with E-state index in [4.69, 9.17) is 33.7 Å². The fraction of sp³-hybridized carbons (Fsp3) is 0.214. The minimum Gasteiger partial charge on any atom is -0.437 e. The van der Waals surface area contributed by atoms with Crippen LogP contribution in [0, 0.1) is 13.8 Å². The van der Waals surface area contributed by atoms with Gasteiger partial charge in [0.15, 0.2) is 0 Å². The van der Waals surface area contributed by atoms with Gasteiger partial charge in [-0.3, -0.25) is 0 Å². The van der Waals surface area contributed by atoms with Crippen molar-refractivity contribution in [3.63, 3.8) is 0 Å². The van der Waals surface area contributed by atoms with Gasteiger partial charge in [0.1, 0.15) is 5.75 Å².